The van der Waals surface area contributed by atoms with Crippen LogP contribution in [-0.2, 0) is 16.1 Å². The molecule has 2 aromatic rings. The molecule has 4 heteroatoms. The molecule has 25 heavy (non-hydrogen) atoms. The van der Waals surface area contributed by atoms with Gasteiger partial charge < -0.3 is 9.47 Å². The van der Waals surface area contributed by atoms with Gasteiger partial charge in [0.05, 0.1) is 19.3 Å². The summed E-state index contributed by atoms with van der Waals surface area (Å²) in [5, 5.41) is 0. The van der Waals surface area contributed by atoms with Crippen LogP contribution in [0.3, 0.4) is 0 Å². The second-order valence-electron chi connectivity index (χ2n) is 6.64. The van der Waals surface area contributed by atoms with Gasteiger partial charge in [-0.3, -0.25) is 0 Å². The third kappa shape index (κ3) is 4.84. The van der Waals surface area contributed by atoms with Crippen molar-refractivity contribution in [3.63, 3.8) is 0 Å². The summed E-state index contributed by atoms with van der Waals surface area (Å²) >= 11 is 1.59. The molecular formula is C21H25FO2S. The van der Waals surface area contributed by atoms with E-state index in [1.54, 1.807) is 11.8 Å². The number of thioether (sulfide) groups is 1. The fourth-order valence-corrected chi connectivity index (χ4v) is 4.23. The third-order valence-corrected chi connectivity index (χ3v) is 6.04. The molecule has 2 unspecified atom stereocenters. The van der Waals surface area contributed by atoms with Crippen molar-refractivity contribution in [2.24, 2.45) is 11.8 Å². The van der Waals surface area contributed by atoms with Crippen molar-refractivity contribution in [3.8, 4) is 0 Å². The fourth-order valence-electron chi connectivity index (χ4n) is 3.08. The molecular weight excluding hydrogens is 335 g/mol. The molecule has 1 heterocycles. The molecule has 3 rings (SSSR count). The summed E-state index contributed by atoms with van der Waals surface area (Å²) in [4.78, 5) is 1.10. The molecule has 0 spiro atoms. The van der Waals surface area contributed by atoms with E-state index in [1.165, 1.54) is 0 Å². The predicted octanol–water partition coefficient (Wildman–Crippen LogP) is 5.33. The van der Waals surface area contributed by atoms with Crippen molar-refractivity contribution in [3.05, 3.63) is 66.2 Å². The number of hydrogen-bond acceptors (Lipinski definition) is 3. The van der Waals surface area contributed by atoms with E-state index in [-0.39, 0.29) is 23.4 Å². The maximum absolute atomic E-state index is 14.8. The van der Waals surface area contributed by atoms with Crippen molar-refractivity contribution in [1.29, 1.82) is 0 Å². The number of ether oxygens (including phenoxy) is 2. The zero-order valence-electron chi connectivity index (χ0n) is 14.7. The minimum Gasteiger partial charge on any atom is -0.374 e. The van der Waals surface area contributed by atoms with Crippen LogP contribution in [0.5, 0.6) is 0 Å². The molecule has 1 fully saturated rings. The molecule has 0 aliphatic carbocycles. The molecule has 2 nitrogen and oxygen atoms in total. The second-order valence-corrected chi connectivity index (χ2v) is 7.81. The summed E-state index contributed by atoms with van der Waals surface area (Å²) in [6, 6.07) is 20.1. The van der Waals surface area contributed by atoms with Gasteiger partial charge in [-0.05, 0) is 17.7 Å². The molecule has 5 atom stereocenters. The van der Waals surface area contributed by atoms with E-state index in [0.29, 0.717) is 13.2 Å². The molecule has 1 saturated heterocycles. The lowest BCUT2D eigenvalue weighted by Gasteiger charge is -2.41. The number of halogens is 1. The summed E-state index contributed by atoms with van der Waals surface area (Å²) in [6.07, 6.45) is -1.11. The van der Waals surface area contributed by atoms with Crippen LogP contribution >= 0.6 is 11.8 Å². The first kappa shape index (κ1) is 18.4. The highest BCUT2D eigenvalue weighted by atomic mass is 32.2. The Morgan fingerprint density at radius 1 is 0.960 bits per heavy atom. The van der Waals surface area contributed by atoms with Gasteiger partial charge in [-0.2, -0.15) is 0 Å². The Bertz CT molecular complexity index is 637. The molecule has 134 valence electrons. The largest absolute Gasteiger partial charge is 0.374 e. The normalized spacial score (nSPS) is 29.5. The van der Waals surface area contributed by atoms with Crippen molar-refractivity contribution in [2.75, 3.05) is 6.61 Å². The van der Waals surface area contributed by atoms with Crippen LogP contribution in [0.2, 0.25) is 0 Å². The highest BCUT2D eigenvalue weighted by Gasteiger charge is 2.42. The maximum Gasteiger partial charge on any atom is 0.113 e. The lowest BCUT2D eigenvalue weighted by molar-refractivity contribution is -0.134. The number of alkyl halides is 1. The number of rotatable bonds is 6. The Balaban J connectivity index is 1.58. The number of benzene rings is 2. The van der Waals surface area contributed by atoms with E-state index in [9.17, 15) is 4.39 Å². The lowest BCUT2D eigenvalue weighted by Crippen LogP contribution is -2.47. The Hall–Kier alpha value is -1.36. The van der Waals surface area contributed by atoms with E-state index < -0.39 is 6.17 Å². The monoisotopic (exact) mass is 360 g/mol. The van der Waals surface area contributed by atoms with Gasteiger partial charge in [-0.25, -0.2) is 4.39 Å². The molecule has 1 aliphatic rings. The minimum absolute atomic E-state index is 0.148. The molecule has 1 aliphatic heterocycles. The first-order valence-corrected chi connectivity index (χ1v) is 9.66. The van der Waals surface area contributed by atoms with Crippen LogP contribution in [0.4, 0.5) is 4.39 Å². The van der Waals surface area contributed by atoms with Crippen LogP contribution in [0.25, 0.3) is 0 Å². The molecule has 0 N–H and O–H groups in total. The molecule has 0 aromatic heterocycles. The van der Waals surface area contributed by atoms with Crippen LogP contribution in [0.15, 0.2) is 65.6 Å². The van der Waals surface area contributed by atoms with Gasteiger partial charge in [0.15, 0.2) is 0 Å². The molecule has 2 aromatic carbocycles. The van der Waals surface area contributed by atoms with Crippen LogP contribution in [0, 0.1) is 11.8 Å². The van der Waals surface area contributed by atoms with Gasteiger partial charge in [-0.1, -0.05) is 74.1 Å². The van der Waals surface area contributed by atoms with Gasteiger partial charge >= 0.3 is 0 Å². The average molecular weight is 360 g/mol. The summed E-state index contributed by atoms with van der Waals surface area (Å²) in [5.41, 5.74) is 0.922. The van der Waals surface area contributed by atoms with Crippen LogP contribution in [0.1, 0.15) is 19.4 Å². The summed E-state index contributed by atoms with van der Waals surface area (Å²) in [5.74, 6) is -0.316. The summed E-state index contributed by atoms with van der Waals surface area (Å²) in [7, 11) is 0. The Kier molecular flexibility index (Phi) is 6.51. The Labute approximate surface area is 153 Å². The molecule has 0 radical (unpaired) electrons. The van der Waals surface area contributed by atoms with Gasteiger partial charge in [0.1, 0.15) is 11.6 Å². The van der Waals surface area contributed by atoms with Gasteiger partial charge in [0, 0.05) is 16.7 Å². The van der Waals surface area contributed by atoms with Crippen molar-refractivity contribution in [2.45, 2.75) is 43.1 Å². The van der Waals surface area contributed by atoms with E-state index in [1.807, 2.05) is 74.5 Å². The highest BCUT2D eigenvalue weighted by Crippen LogP contribution is 2.40. The summed E-state index contributed by atoms with van der Waals surface area (Å²) in [6.45, 7) is 4.79. The number of hydrogen-bond donors (Lipinski definition) is 0. The smallest absolute Gasteiger partial charge is 0.113 e. The van der Waals surface area contributed by atoms with Crippen molar-refractivity contribution < 1.29 is 13.9 Å². The Morgan fingerprint density at radius 3 is 2.28 bits per heavy atom. The zero-order valence-corrected chi connectivity index (χ0v) is 15.5. The fraction of sp³-hybridized carbons (Fsp3) is 0.429. The maximum atomic E-state index is 14.8. The topological polar surface area (TPSA) is 18.5 Å². The van der Waals surface area contributed by atoms with Crippen LogP contribution < -0.4 is 0 Å². The van der Waals surface area contributed by atoms with E-state index in [0.717, 1.165) is 10.5 Å². The van der Waals surface area contributed by atoms with Crippen molar-refractivity contribution >= 4 is 11.8 Å². The molecule has 0 saturated carbocycles. The van der Waals surface area contributed by atoms with Gasteiger partial charge in [0.2, 0.25) is 0 Å². The summed E-state index contributed by atoms with van der Waals surface area (Å²) < 4.78 is 26.8. The highest BCUT2D eigenvalue weighted by molar-refractivity contribution is 7.99. The lowest BCUT2D eigenvalue weighted by atomic mass is 9.88. The first-order chi connectivity index (χ1) is 12.1. The zero-order chi connectivity index (χ0) is 17.6. The van der Waals surface area contributed by atoms with Crippen molar-refractivity contribution in [1.82, 2.24) is 0 Å². The molecule has 0 amide bonds. The average Bonchev–Trinajstić information content (AvgIpc) is 2.65. The predicted molar refractivity (Wildman–Crippen MR) is 100 cm³/mol. The standard InChI is InChI=1S/C21H25FO2S/c1-15-19(14-23-13-17-9-5-3-6-10-17)24-21(16(2)20(15)22)25-18-11-7-4-8-12-18/h3-12,15-16,19-21H,13-14H2,1-2H3/t15-,16?,19?,20-,21-/m0/s1. The minimum atomic E-state index is -0.889. The van der Waals surface area contributed by atoms with Gasteiger partial charge in [0.25, 0.3) is 0 Å². The van der Waals surface area contributed by atoms with E-state index in [4.69, 9.17) is 9.47 Å². The van der Waals surface area contributed by atoms with E-state index in [2.05, 4.69) is 0 Å². The molecule has 0 bridgehead atoms. The SMILES string of the molecule is CC1[C@@H](F)[C@@H](C)C(COCc2ccccc2)O[C@H]1Sc1ccccc1. The van der Waals surface area contributed by atoms with Gasteiger partial charge in [-0.15, -0.1) is 0 Å². The first-order valence-electron chi connectivity index (χ1n) is 8.78. The second kappa shape index (κ2) is 8.84. The van der Waals surface area contributed by atoms with Crippen LogP contribution in [-0.4, -0.2) is 24.3 Å². The third-order valence-electron chi connectivity index (χ3n) is 4.72. The quantitative estimate of drug-likeness (QED) is 0.694. The Morgan fingerprint density at radius 2 is 1.60 bits per heavy atom. The van der Waals surface area contributed by atoms with E-state index >= 15 is 0 Å².